The summed E-state index contributed by atoms with van der Waals surface area (Å²) in [7, 11) is 1.19. The minimum Gasteiger partial charge on any atom is -0.466 e. The first kappa shape index (κ1) is 32.3. The summed E-state index contributed by atoms with van der Waals surface area (Å²) in [6, 6.07) is 0. The minimum absolute atomic E-state index is 0.00703. The third-order valence-corrected chi connectivity index (χ3v) is 8.67. The average molecular weight is 579 g/mol. The Morgan fingerprint density at radius 1 is 1.02 bits per heavy atom. The highest BCUT2D eigenvalue weighted by Crippen LogP contribution is 2.56. The Hall–Kier alpha value is -3.21. The maximum Gasteiger partial charge on any atom is 0.333 e. The van der Waals surface area contributed by atoms with Crippen molar-refractivity contribution in [2.24, 2.45) is 22.7 Å². The van der Waals surface area contributed by atoms with Crippen LogP contribution in [-0.2, 0) is 47.7 Å². The number of fused-ring (bicyclic) bond motifs is 2. The molecule has 0 aromatic heterocycles. The van der Waals surface area contributed by atoms with Gasteiger partial charge in [-0.2, -0.15) is 0 Å². The zero-order valence-electron chi connectivity index (χ0n) is 25.1. The fraction of sp³-hybridized carbons (Fsp3) is 0.700. The molecule has 1 aliphatic heterocycles. The van der Waals surface area contributed by atoms with Crippen LogP contribution in [0.2, 0.25) is 0 Å². The van der Waals surface area contributed by atoms with E-state index in [4.69, 9.17) is 23.7 Å². The summed E-state index contributed by atoms with van der Waals surface area (Å²) >= 11 is 0. The second-order valence-corrected chi connectivity index (χ2v) is 12.5. The molecule has 8 unspecified atom stereocenters. The van der Waals surface area contributed by atoms with Crippen molar-refractivity contribution in [3.63, 3.8) is 0 Å². The Bertz CT molecular complexity index is 1150. The van der Waals surface area contributed by atoms with Gasteiger partial charge in [-0.3, -0.25) is 19.2 Å². The number of ether oxygens (including phenoxy) is 5. The Kier molecular flexibility index (Phi) is 9.13. The van der Waals surface area contributed by atoms with E-state index in [0.717, 1.165) is 0 Å². The Balaban J connectivity index is 2.40. The molecule has 0 amide bonds. The number of carbonyl (C=O) groups is 5. The van der Waals surface area contributed by atoms with Crippen LogP contribution in [0.3, 0.4) is 0 Å². The number of carbonyl (C=O) groups excluding carboxylic acids is 5. The van der Waals surface area contributed by atoms with E-state index in [1.54, 1.807) is 27.7 Å². The molecule has 11 nitrogen and oxygen atoms in total. The third-order valence-electron chi connectivity index (χ3n) is 8.67. The molecule has 41 heavy (non-hydrogen) atoms. The van der Waals surface area contributed by atoms with Crippen LogP contribution >= 0.6 is 0 Å². The third kappa shape index (κ3) is 5.91. The van der Waals surface area contributed by atoms with Crippen molar-refractivity contribution >= 4 is 29.8 Å². The molecule has 0 bridgehead atoms. The lowest BCUT2D eigenvalue weighted by atomic mass is 9.55. The van der Waals surface area contributed by atoms with Gasteiger partial charge in [-0.05, 0) is 59.5 Å². The monoisotopic (exact) mass is 578 g/mol. The molecule has 1 saturated heterocycles. The fourth-order valence-electron chi connectivity index (χ4n) is 6.35. The van der Waals surface area contributed by atoms with Gasteiger partial charge >= 0.3 is 29.8 Å². The second kappa shape index (κ2) is 11.6. The molecule has 0 spiro atoms. The lowest BCUT2D eigenvalue weighted by Crippen LogP contribution is -2.65. The number of rotatable bonds is 4. The summed E-state index contributed by atoms with van der Waals surface area (Å²) in [5.41, 5.74) is -3.80. The standard InChI is InChI=1S/C30H42O11/c1-15-10-12-20(38-17(3)31)29(8)21(41-27(35)28(5,6)7)13-11-19(26(34)37-9)14-22-30(36,16(2)25(33)40-22)24(23(15)29)39-18(4)32/h14,16,20-24,36H,1,10-13H2,2-9H3. The maximum absolute atomic E-state index is 13.3. The summed E-state index contributed by atoms with van der Waals surface area (Å²) in [6.07, 6.45) is -2.70. The van der Waals surface area contributed by atoms with Gasteiger partial charge in [-0.25, -0.2) is 4.79 Å². The fourth-order valence-corrected chi connectivity index (χ4v) is 6.35. The van der Waals surface area contributed by atoms with Gasteiger partial charge in [0.25, 0.3) is 0 Å². The highest BCUT2D eigenvalue weighted by Gasteiger charge is 2.67. The molecule has 2 aliphatic carbocycles. The van der Waals surface area contributed by atoms with E-state index in [2.05, 4.69) is 6.58 Å². The van der Waals surface area contributed by atoms with E-state index in [1.165, 1.54) is 34.0 Å². The summed E-state index contributed by atoms with van der Waals surface area (Å²) in [6.45, 7) is 14.9. The Labute approximate surface area is 240 Å². The Morgan fingerprint density at radius 2 is 1.59 bits per heavy atom. The van der Waals surface area contributed by atoms with Crippen LogP contribution in [0.15, 0.2) is 23.8 Å². The van der Waals surface area contributed by atoms with E-state index < -0.39 is 82.5 Å². The molecule has 2 fully saturated rings. The van der Waals surface area contributed by atoms with Crippen molar-refractivity contribution in [2.45, 2.75) is 104 Å². The normalized spacial score (nSPS) is 35.6. The first-order valence-corrected chi connectivity index (χ1v) is 13.8. The van der Waals surface area contributed by atoms with Crippen LogP contribution in [0.4, 0.5) is 0 Å². The van der Waals surface area contributed by atoms with Crippen LogP contribution in [0.1, 0.15) is 74.1 Å². The molecule has 0 aromatic carbocycles. The molecule has 3 rings (SSSR count). The molecule has 1 saturated carbocycles. The van der Waals surface area contributed by atoms with Crippen LogP contribution in [0.25, 0.3) is 0 Å². The lowest BCUT2D eigenvalue weighted by Gasteiger charge is -2.55. The zero-order chi connectivity index (χ0) is 31.1. The van der Waals surface area contributed by atoms with Gasteiger partial charge < -0.3 is 28.8 Å². The van der Waals surface area contributed by atoms with Gasteiger partial charge in [0.05, 0.1) is 23.9 Å². The quantitative estimate of drug-likeness (QED) is 0.298. The number of methoxy groups -OCH3 is 1. The number of hydrogen-bond donors (Lipinski definition) is 1. The van der Waals surface area contributed by atoms with Gasteiger partial charge in [-0.1, -0.05) is 19.1 Å². The van der Waals surface area contributed by atoms with E-state index in [-0.39, 0.29) is 18.4 Å². The SMILES string of the molecule is C=C1CCC(OC(C)=O)C2(C)C(OC(=O)C(C)(C)C)CCC(C(=O)OC)=CC3OC(=O)C(C)C3(O)C(OC(C)=O)C12. The van der Waals surface area contributed by atoms with Gasteiger partial charge in [0.15, 0.2) is 11.7 Å². The predicted molar refractivity (Wildman–Crippen MR) is 144 cm³/mol. The molecule has 0 aromatic rings. The van der Waals surface area contributed by atoms with Crippen molar-refractivity contribution in [1.82, 2.24) is 0 Å². The molecule has 11 heteroatoms. The van der Waals surface area contributed by atoms with Crippen molar-refractivity contribution in [3.8, 4) is 0 Å². The van der Waals surface area contributed by atoms with Crippen LogP contribution in [0.5, 0.6) is 0 Å². The summed E-state index contributed by atoms with van der Waals surface area (Å²) < 4.78 is 28.4. The van der Waals surface area contributed by atoms with E-state index in [0.29, 0.717) is 18.4 Å². The van der Waals surface area contributed by atoms with Gasteiger partial charge in [0.1, 0.15) is 18.3 Å². The topological polar surface area (TPSA) is 152 Å². The minimum atomic E-state index is -2.18. The van der Waals surface area contributed by atoms with Gasteiger partial charge in [0, 0.05) is 25.3 Å². The average Bonchev–Trinajstić information content (AvgIpc) is 3.08. The van der Waals surface area contributed by atoms with E-state index >= 15 is 0 Å². The van der Waals surface area contributed by atoms with Crippen molar-refractivity contribution in [1.29, 1.82) is 0 Å². The summed E-state index contributed by atoms with van der Waals surface area (Å²) in [4.78, 5) is 64.1. The number of esters is 5. The summed E-state index contributed by atoms with van der Waals surface area (Å²) in [5, 5.41) is 12.4. The van der Waals surface area contributed by atoms with E-state index in [9.17, 15) is 29.1 Å². The van der Waals surface area contributed by atoms with Crippen LogP contribution in [0, 0.1) is 22.7 Å². The first-order chi connectivity index (χ1) is 18.9. The Morgan fingerprint density at radius 3 is 2.12 bits per heavy atom. The molecule has 0 radical (unpaired) electrons. The predicted octanol–water partition coefficient (Wildman–Crippen LogP) is 2.97. The number of aliphatic hydroxyl groups is 1. The lowest BCUT2D eigenvalue weighted by molar-refractivity contribution is -0.222. The maximum atomic E-state index is 13.3. The van der Waals surface area contributed by atoms with Gasteiger partial charge in [-0.15, -0.1) is 0 Å². The van der Waals surface area contributed by atoms with E-state index in [1.807, 2.05) is 0 Å². The number of hydrogen-bond acceptors (Lipinski definition) is 11. The highest BCUT2D eigenvalue weighted by atomic mass is 16.6. The molecular weight excluding hydrogens is 536 g/mol. The molecule has 8 atom stereocenters. The van der Waals surface area contributed by atoms with Crippen molar-refractivity contribution in [2.75, 3.05) is 7.11 Å². The molecule has 1 N–H and O–H groups in total. The summed E-state index contributed by atoms with van der Waals surface area (Å²) in [5.74, 6) is -5.54. The van der Waals surface area contributed by atoms with Crippen LogP contribution in [-0.4, -0.2) is 72.1 Å². The molecule has 1 heterocycles. The highest BCUT2D eigenvalue weighted by molar-refractivity contribution is 5.89. The van der Waals surface area contributed by atoms with Crippen molar-refractivity contribution < 1.29 is 52.8 Å². The smallest absolute Gasteiger partial charge is 0.333 e. The van der Waals surface area contributed by atoms with Crippen LogP contribution < -0.4 is 0 Å². The molecular formula is C30H42O11. The van der Waals surface area contributed by atoms with Gasteiger partial charge in [0.2, 0.25) is 0 Å². The first-order valence-electron chi connectivity index (χ1n) is 13.8. The molecule has 228 valence electrons. The second-order valence-electron chi connectivity index (χ2n) is 12.5. The largest absolute Gasteiger partial charge is 0.466 e. The molecule has 3 aliphatic rings. The zero-order valence-corrected chi connectivity index (χ0v) is 25.1. The van der Waals surface area contributed by atoms with Crippen molar-refractivity contribution in [3.05, 3.63) is 23.8 Å².